The fourth-order valence-corrected chi connectivity index (χ4v) is 2.35. The van der Waals surface area contributed by atoms with Crippen LogP contribution in [0.4, 0.5) is 0 Å². The summed E-state index contributed by atoms with van der Waals surface area (Å²) < 4.78 is 10.5. The Bertz CT molecular complexity index is 143. The molecule has 0 saturated heterocycles. The molecule has 2 unspecified atom stereocenters. The van der Waals surface area contributed by atoms with Gasteiger partial charge in [-0.05, 0) is 0 Å². The molecule has 2 nitrogen and oxygen atoms in total. The third-order valence-electron chi connectivity index (χ3n) is 1.18. The van der Waals surface area contributed by atoms with E-state index in [0.29, 0.717) is 0 Å². The molecule has 54 valence electrons. The normalized spacial score (nSPS) is 36.0. The van der Waals surface area contributed by atoms with E-state index in [1.54, 1.807) is 36.0 Å². The molecule has 10 heavy (non-hydrogen) atoms. The lowest BCUT2D eigenvalue weighted by Gasteiger charge is -2.15. The Labute approximate surface area is 67.6 Å². The predicted octanol–water partition coefficient (Wildman–Crippen LogP) is 2.11. The Morgan fingerprint density at radius 2 is 1.40 bits per heavy atom. The van der Waals surface area contributed by atoms with Crippen LogP contribution in [0.5, 0.6) is 0 Å². The van der Waals surface area contributed by atoms with Crippen molar-refractivity contribution in [1.82, 2.24) is 0 Å². The van der Waals surface area contributed by atoms with Gasteiger partial charge in [0, 0.05) is 10.8 Å². The Hall–Kier alpha value is -0.220. The molecule has 2 atom stereocenters. The summed E-state index contributed by atoms with van der Waals surface area (Å²) in [5.41, 5.74) is 0.278. The lowest BCUT2D eigenvalue weighted by atomic mass is 10.7. The van der Waals surface area contributed by atoms with Crippen LogP contribution in [0.3, 0.4) is 0 Å². The number of ether oxygens (including phenoxy) is 2. The van der Waals surface area contributed by atoms with Crippen molar-refractivity contribution in [3.8, 4) is 0 Å². The molecule has 0 spiro atoms. The topological polar surface area (TPSA) is 18.5 Å². The van der Waals surface area contributed by atoms with Crippen molar-refractivity contribution in [2.75, 3.05) is 0 Å². The van der Waals surface area contributed by atoms with Crippen molar-refractivity contribution in [2.24, 2.45) is 0 Å². The van der Waals surface area contributed by atoms with E-state index < -0.39 is 0 Å². The van der Waals surface area contributed by atoms with Gasteiger partial charge in [-0.1, -0.05) is 23.5 Å². The van der Waals surface area contributed by atoms with Crippen LogP contribution in [-0.4, -0.2) is 10.9 Å². The van der Waals surface area contributed by atoms with Crippen LogP contribution in [0.25, 0.3) is 0 Å². The number of rotatable bonds is 1. The first-order valence-electron chi connectivity index (χ1n) is 2.89. The van der Waals surface area contributed by atoms with Crippen LogP contribution >= 0.6 is 23.5 Å². The van der Waals surface area contributed by atoms with E-state index in [1.165, 1.54) is 0 Å². The maximum atomic E-state index is 5.23. The van der Waals surface area contributed by atoms with Crippen molar-refractivity contribution < 1.29 is 9.47 Å². The molecule has 0 aromatic rings. The van der Waals surface area contributed by atoms with Gasteiger partial charge in [-0.2, -0.15) is 0 Å². The van der Waals surface area contributed by atoms with Crippen LogP contribution < -0.4 is 0 Å². The summed E-state index contributed by atoms with van der Waals surface area (Å²) in [7, 11) is 0. The van der Waals surface area contributed by atoms with Gasteiger partial charge in [-0.15, -0.1) is 0 Å². The number of hydrogen-bond acceptors (Lipinski definition) is 4. The minimum absolute atomic E-state index is 0.139. The summed E-state index contributed by atoms with van der Waals surface area (Å²) in [6, 6.07) is 0. The molecule has 0 aromatic carbocycles. The number of thioether (sulfide) groups is 2. The van der Waals surface area contributed by atoms with Gasteiger partial charge < -0.3 is 9.47 Å². The molecule has 0 amide bonds. The molecular weight excluding hydrogens is 168 g/mol. The summed E-state index contributed by atoms with van der Waals surface area (Å²) in [4.78, 5) is 0. The largest absolute Gasteiger partial charge is 0.482 e. The quantitative estimate of drug-likeness (QED) is 0.605. The second-order valence-electron chi connectivity index (χ2n) is 1.83. The van der Waals surface area contributed by atoms with E-state index in [2.05, 4.69) is 0 Å². The highest BCUT2D eigenvalue weighted by atomic mass is 32.2. The summed E-state index contributed by atoms with van der Waals surface area (Å²) in [5, 5.41) is 3.87. The SMILES string of the molecule is C1=CSC(C2OC=CS2)O1. The first-order valence-corrected chi connectivity index (χ1v) is 4.77. The highest BCUT2D eigenvalue weighted by Gasteiger charge is 2.27. The fourth-order valence-electron chi connectivity index (χ4n) is 0.759. The van der Waals surface area contributed by atoms with Gasteiger partial charge in [0.2, 0.25) is 0 Å². The van der Waals surface area contributed by atoms with Gasteiger partial charge in [0.15, 0.2) is 10.9 Å². The zero-order valence-electron chi connectivity index (χ0n) is 5.10. The van der Waals surface area contributed by atoms with Crippen LogP contribution in [0.15, 0.2) is 23.3 Å². The second kappa shape index (κ2) is 2.80. The Kier molecular flexibility index (Phi) is 1.82. The molecule has 2 heterocycles. The van der Waals surface area contributed by atoms with E-state index >= 15 is 0 Å². The van der Waals surface area contributed by atoms with Gasteiger partial charge in [0.1, 0.15) is 0 Å². The molecule has 4 heteroatoms. The van der Waals surface area contributed by atoms with Gasteiger partial charge in [0.25, 0.3) is 0 Å². The van der Waals surface area contributed by atoms with Crippen LogP contribution in [0.1, 0.15) is 0 Å². The molecule has 0 saturated carbocycles. The lowest BCUT2D eigenvalue weighted by Crippen LogP contribution is -2.17. The highest BCUT2D eigenvalue weighted by molar-refractivity contribution is 8.06. The molecule has 0 bridgehead atoms. The Balaban J connectivity index is 1.89. The Morgan fingerprint density at radius 1 is 0.900 bits per heavy atom. The molecule has 2 aliphatic heterocycles. The zero-order chi connectivity index (χ0) is 6.81. The molecule has 0 radical (unpaired) electrons. The molecule has 0 N–H and O–H groups in total. The third kappa shape index (κ3) is 1.13. The summed E-state index contributed by atoms with van der Waals surface area (Å²) in [6.45, 7) is 0. The monoisotopic (exact) mass is 174 g/mol. The average Bonchev–Trinajstić information content (AvgIpc) is 2.59. The average molecular weight is 174 g/mol. The minimum atomic E-state index is 0.139. The van der Waals surface area contributed by atoms with Crippen LogP contribution in [0, 0.1) is 0 Å². The maximum Gasteiger partial charge on any atom is 0.194 e. The van der Waals surface area contributed by atoms with Crippen molar-refractivity contribution in [3.05, 3.63) is 23.3 Å². The summed E-state index contributed by atoms with van der Waals surface area (Å²) in [5.74, 6) is 0. The summed E-state index contributed by atoms with van der Waals surface area (Å²) >= 11 is 3.30. The standard InChI is InChI=1S/C6H6O2S2/c1-3-9-5(7-1)6-8-2-4-10-6/h1-6H. The number of hydrogen-bond donors (Lipinski definition) is 0. The van der Waals surface area contributed by atoms with Crippen LogP contribution in [-0.2, 0) is 9.47 Å². The first-order chi connectivity index (χ1) is 4.97. The molecule has 0 aromatic heterocycles. The van der Waals surface area contributed by atoms with Gasteiger partial charge in [-0.25, -0.2) is 0 Å². The van der Waals surface area contributed by atoms with Crippen molar-refractivity contribution >= 4 is 23.5 Å². The first kappa shape index (κ1) is 6.49. The van der Waals surface area contributed by atoms with E-state index in [0.717, 1.165) is 0 Å². The van der Waals surface area contributed by atoms with Gasteiger partial charge >= 0.3 is 0 Å². The molecule has 0 fully saturated rings. The van der Waals surface area contributed by atoms with Crippen molar-refractivity contribution in [1.29, 1.82) is 0 Å². The Morgan fingerprint density at radius 3 is 1.70 bits per heavy atom. The lowest BCUT2D eigenvalue weighted by molar-refractivity contribution is 0.113. The predicted molar refractivity (Wildman–Crippen MR) is 43.2 cm³/mol. The van der Waals surface area contributed by atoms with Gasteiger partial charge in [0.05, 0.1) is 12.5 Å². The molecule has 0 aliphatic carbocycles. The van der Waals surface area contributed by atoms with Gasteiger partial charge in [-0.3, -0.25) is 0 Å². The molecule has 2 rings (SSSR count). The van der Waals surface area contributed by atoms with E-state index in [4.69, 9.17) is 9.47 Å². The van der Waals surface area contributed by atoms with E-state index in [-0.39, 0.29) is 10.9 Å². The molecular formula is C6H6O2S2. The minimum Gasteiger partial charge on any atom is -0.482 e. The second-order valence-corrected chi connectivity index (χ2v) is 3.84. The third-order valence-corrected chi connectivity index (χ3v) is 3.15. The smallest absolute Gasteiger partial charge is 0.194 e. The maximum absolute atomic E-state index is 5.23. The zero-order valence-corrected chi connectivity index (χ0v) is 6.73. The van der Waals surface area contributed by atoms with Crippen molar-refractivity contribution in [2.45, 2.75) is 10.9 Å². The highest BCUT2D eigenvalue weighted by Crippen LogP contribution is 2.34. The fraction of sp³-hybridized carbons (Fsp3) is 0.333. The van der Waals surface area contributed by atoms with E-state index in [1.807, 2.05) is 10.8 Å². The summed E-state index contributed by atoms with van der Waals surface area (Å²) in [6.07, 6.45) is 3.41. The molecule has 2 aliphatic rings. The van der Waals surface area contributed by atoms with Crippen LogP contribution in [0.2, 0.25) is 0 Å². The van der Waals surface area contributed by atoms with Crippen molar-refractivity contribution in [3.63, 3.8) is 0 Å². The van der Waals surface area contributed by atoms with E-state index in [9.17, 15) is 0 Å².